The number of benzene rings is 1. The van der Waals surface area contributed by atoms with E-state index in [1.165, 1.54) is 12.0 Å². The molecular formula is C22H38N4O. The lowest BCUT2D eigenvalue weighted by atomic mass is 9.93. The van der Waals surface area contributed by atoms with Crippen molar-refractivity contribution < 1.29 is 4.74 Å². The quantitative estimate of drug-likeness (QED) is 0.533. The fraction of sp³-hybridized carbons (Fsp3) is 0.682. The van der Waals surface area contributed by atoms with Crippen molar-refractivity contribution in [3.05, 3.63) is 35.9 Å². The Bertz CT molecular complexity index is 571. The van der Waals surface area contributed by atoms with Gasteiger partial charge in [0, 0.05) is 38.6 Å². The molecule has 152 valence electrons. The number of aliphatic imine (C=N–C) groups is 1. The Balaban J connectivity index is 1.82. The van der Waals surface area contributed by atoms with Crippen molar-refractivity contribution in [1.82, 2.24) is 15.1 Å². The van der Waals surface area contributed by atoms with Gasteiger partial charge in [-0.25, -0.2) is 0 Å². The van der Waals surface area contributed by atoms with E-state index in [9.17, 15) is 0 Å². The maximum Gasteiger partial charge on any atom is 0.193 e. The van der Waals surface area contributed by atoms with E-state index in [0.29, 0.717) is 12.5 Å². The zero-order valence-electron chi connectivity index (χ0n) is 17.9. The van der Waals surface area contributed by atoms with Crippen molar-refractivity contribution in [3.8, 4) is 0 Å². The lowest BCUT2D eigenvalue weighted by Crippen LogP contribution is -2.41. The zero-order chi connectivity index (χ0) is 19.7. The first-order valence-corrected chi connectivity index (χ1v) is 10.2. The van der Waals surface area contributed by atoms with Gasteiger partial charge in [-0.2, -0.15) is 0 Å². The van der Waals surface area contributed by atoms with Crippen molar-refractivity contribution in [1.29, 1.82) is 0 Å². The maximum atomic E-state index is 5.96. The third-order valence-corrected chi connectivity index (χ3v) is 4.79. The summed E-state index contributed by atoms with van der Waals surface area (Å²) in [7, 11) is 4.24. The van der Waals surface area contributed by atoms with Crippen LogP contribution in [0.25, 0.3) is 0 Å². The van der Waals surface area contributed by atoms with E-state index in [2.05, 4.69) is 74.2 Å². The molecule has 1 aliphatic rings. The Morgan fingerprint density at radius 3 is 2.70 bits per heavy atom. The predicted molar refractivity (Wildman–Crippen MR) is 114 cm³/mol. The molecule has 0 saturated carbocycles. The molecule has 5 heteroatoms. The lowest BCUT2D eigenvalue weighted by molar-refractivity contribution is 0.0906. The van der Waals surface area contributed by atoms with Crippen LogP contribution in [0.2, 0.25) is 0 Å². The smallest absolute Gasteiger partial charge is 0.193 e. The number of ether oxygens (including phenoxy) is 1. The third-order valence-electron chi connectivity index (χ3n) is 4.79. The Hall–Kier alpha value is -1.59. The van der Waals surface area contributed by atoms with Gasteiger partial charge in [0.2, 0.25) is 0 Å². The number of hydrogen-bond acceptors (Lipinski definition) is 3. The summed E-state index contributed by atoms with van der Waals surface area (Å²) in [4.78, 5) is 9.58. The fourth-order valence-electron chi connectivity index (χ4n) is 3.70. The maximum absolute atomic E-state index is 5.96. The van der Waals surface area contributed by atoms with Crippen LogP contribution in [-0.2, 0) is 11.3 Å². The van der Waals surface area contributed by atoms with Gasteiger partial charge in [0.25, 0.3) is 0 Å². The van der Waals surface area contributed by atoms with Gasteiger partial charge in [0.15, 0.2) is 5.96 Å². The molecule has 1 aromatic carbocycles. The average molecular weight is 375 g/mol. The summed E-state index contributed by atoms with van der Waals surface area (Å²) in [5, 5.41) is 3.47. The standard InChI is InChI=1S/C22H38N4O/c1-6-23-21(24-17-22(2,3)18-25(4)5)26-13-12-20(14-26)16-27-15-19-10-8-7-9-11-19/h7-11,20H,6,12-18H2,1-5H3,(H,23,24). The van der Waals surface area contributed by atoms with Crippen molar-refractivity contribution >= 4 is 5.96 Å². The molecular weight excluding hydrogens is 336 g/mol. The summed E-state index contributed by atoms with van der Waals surface area (Å²) >= 11 is 0. The van der Waals surface area contributed by atoms with Crippen LogP contribution in [0.5, 0.6) is 0 Å². The average Bonchev–Trinajstić information content (AvgIpc) is 3.07. The molecule has 2 rings (SSSR count). The van der Waals surface area contributed by atoms with Crippen LogP contribution in [0, 0.1) is 11.3 Å². The van der Waals surface area contributed by atoms with Crippen LogP contribution in [0.3, 0.4) is 0 Å². The minimum Gasteiger partial charge on any atom is -0.376 e. The van der Waals surface area contributed by atoms with Crippen LogP contribution in [0.4, 0.5) is 0 Å². The molecule has 0 bridgehead atoms. The number of nitrogens with zero attached hydrogens (tertiary/aromatic N) is 3. The van der Waals surface area contributed by atoms with Crippen LogP contribution in [-0.4, -0.2) is 69.2 Å². The molecule has 0 amide bonds. The second-order valence-electron chi connectivity index (χ2n) is 8.67. The van der Waals surface area contributed by atoms with Crippen molar-refractivity contribution in [2.75, 3.05) is 53.4 Å². The minimum atomic E-state index is 0.169. The molecule has 1 heterocycles. The van der Waals surface area contributed by atoms with E-state index >= 15 is 0 Å². The molecule has 1 aliphatic heterocycles. The van der Waals surface area contributed by atoms with Crippen LogP contribution in [0.15, 0.2) is 35.3 Å². The Kier molecular flexibility index (Phi) is 8.58. The molecule has 1 N–H and O–H groups in total. The molecule has 1 fully saturated rings. The van der Waals surface area contributed by atoms with E-state index in [1.807, 2.05) is 6.07 Å². The highest BCUT2D eigenvalue weighted by atomic mass is 16.5. The summed E-state index contributed by atoms with van der Waals surface area (Å²) < 4.78 is 5.96. The molecule has 0 aromatic heterocycles. The first kappa shape index (κ1) is 21.7. The van der Waals surface area contributed by atoms with Gasteiger partial charge < -0.3 is 19.9 Å². The monoisotopic (exact) mass is 374 g/mol. The van der Waals surface area contributed by atoms with E-state index < -0.39 is 0 Å². The molecule has 0 spiro atoms. The van der Waals surface area contributed by atoms with E-state index in [0.717, 1.165) is 45.3 Å². The molecule has 1 unspecified atom stereocenters. The summed E-state index contributed by atoms with van der Waals surface area (Å²) in [6.07, 6.45) is 1.17. The topological polar surface area (TPSA) is 40.1 Å². The molecule has 27 heavy (non-hydrogen) atoms. The first-order valence-electron chi connectivity index (χ1n) is 10.2. The van der Waals surface area contributed by atoms with Gasteiger partial charge in [0.1, 0.15) is 0 Å². The SMILES string of the molecule is CCNC(=NCC(C)(C)CN(C)C)N1CCC(COCc2ccccc2)C1. The second kappa shape index (κ2) is 10.7. The van der Waals surface area contributed by atoms with Crippen LogP contribution in [0.1, 0.15) is 32.8 Å². The number of guanidine groups is 1. The van der Waals surface area contributed by atoms with Crippen LogP contribution >= 0.6 is 0 Å². The highest BCUT2D eigenvalue weighted by molar-refractivity contribution is 5.80. The molecule has 0 aliphatic carbocycles. The third kappa shape index (κ3) is 7.89. The predicted octanol–water partition coefficient (Wildman–Crippen LogP) is 3.08. The first-order chi connectivity index (χ1) is 12.9. The summed E-state index contributed by atoms with van der Waals surface area (Å²) in [5.41, 5.74) is 1.41. The van der Waals surface area contributed by atoms with E-state index in [4.69, 9.17) is 9.73 Å². The van der Waals surface area contributed by atoms with Crippen molar-refractivity contribution in [2.24, 2.45) is 16.3 Å². The Labute approximate surface area is 165 Å². The number of rotatable bonds is 9. The van der Waals surface area contributed by atoms with E-state index in [-0.39, 0.29) is 5.41 Å². The molecule has 1 atom stereocenters. The van der Waals surface area contributed by atoms with Gasteiger partial charge in [0.05, 0.1) is 13.2 Å². The Morgan fingerprint density at radius 1 is 1.30 bits per heavy atom. The lowest BCUT2D eigenvalue weighted by Gasteiger charge is -2.28. The van der Waals surface area contributed by atoms with Gasteiger partial charge in [-0.3, -0.25) is 4.99 Å². The summed E-state index contributed by atoms with van der Waals surface area (Å²) in [5.74, 6) is 1.63. The van der Waals surface area contributed by atoms with Crippen LogP contribution < -0.4 is 5.32 Å². The normalized spacial score (nSPS) is 18.4. The minimum absolute atomic E-state index is 0.169. The largest absolute Gasteiger partial charge is 0.376 e. The van der Waals surface area contributed by atoms with Crippen molar-refractivity contribution in [3.63, 3.8) is 0 Å². The second-order valence-corrected chi connectivity index (χ2v) is 8.67. The zero-order valence-corrected chi connectivity index (χ0v) is 17.9. The Morgan fingerprint density at radius 2 is 2.04 bits per heavy atom. The van der Waals surface area contributed by atoms with Crippen molar-refractivity contribution in [2.45, 2.75) is 33.8 Å². The molecule has 0 radical (unpaired) electrons. The van der Waals surface area contributed by atoms with Gasteiger partial charge in [-0.15, -0.1) is 0 Å². The molecule has 1 aromatic rings. The molecule has 5 nitrogen and oxygen atoms in total. The van der Waals surface area contributed by atoms with Gasteiger partial charge >= 0.3 is 0 Å². The molecule has 1 saturated heterocycles. The fourth-order valence-corrected chi connectivity index (χ4v) is 3.70. The highest BCUT2D eigenvalue weighted by Crippen LogP contribution is 2.19. The number of hydrogen-bond donors (Lipinski definition) is 1. The number of likely N-dealkylation sites (tertiary alicyclic amines) is 1. The van der Waals surface area contributed by atoms with E-state index in [1.54, 1.807) is 0 Å². The van der Waals surface area contributed by atoms with Gasteiger partial charge in [-0.1, -0.05) is 44.2 Å². The van der Waals surface area contributed by atoms with Gasteiger partial charge in [-0.05, 0) is 38.4 Å². The summed E-state index contributed by atoms with van der Waals surface area (Å²) in [6, 6.07) is 10.4. The highest BCUT2D eigenvalue weighted by Gasteiger charge is 2.26. The number of nitrogens with one attached hydrogen (secondary N) is 1. The summed E-state index contributed by atoms with van der Waals surface area (Å²) in [6.45, 7) is 13.1.